The number of anilines is 2. The summed E-state index contributed by atoms with van der Waals surface area (Å²) in [5, 5.41) is 4.36. The van der Waals surface area contributed by atoms with E-state index in [9.17, 15) is 4.79 Å². The first-order valence-electron chi connectivity index (χ1n) is 11.9. The second-order valence-corrected chi connectivity index (χ2v) is 9.11. The molecule has 7 heteroatoms. The average molecular weight is 468 g/mol. The third kappa shape index (κ3) is 5.63. The van der Waals surface area contributed by atoms with Gasteiger partial charge in [-0.25, -0.2) is 9.97 Å². The van der Waals surface area contributed by atoms with Crippen LogP contribution >= 0.6 is 0 Å². The molecule has 0 spiro atoms. The number of ether oxygens (including phenoxy) is 1. The van der Waals surface area contributed by atoms with Crippen molar-refractivity contribution in [3.8, 4) is 0 Å². The molecule has 1 saturated heterocycles. The van der Waals surface area contributed by atoms with Crippen LogP contribution in [0.25, 0.3) is 10.9 Å². The maximum absolute atomic E-state index is 13.4. The molecule has 178 valence electrons. The van der Waals surface area contributed by atoms with Crippen LogP contribution in [0.4, 0.5) is 11.6 Å². The first-order chi connectivity index (χ1) is 17.0. The highest BCUT2D eigenvalue weighted by Crippen LogP contribution is 2.21. The number of rotatable bonds is 5. The third-order valence-corrected chi connectivity index (χ3v) is 6.16. The van der Waals surface area contributed by atoms with Gasteiger partial charge in [-0.15, -0.1) is 0 Å². The first kappa shape index (κ1) is 22.9. The summed E-state index contributed by atoms with van der Waals surface area (Å²) in [5.74, 6) is 0.759. The van der Waals surface area contributed by atoms with Gasteiger partial charge in [0.1, 0.15) is 0 Å². The Morgan fingerprint density at radius 1 is 1.06 bits per heavy atom. The molecule has 0 radical (unpaired) electrons. The lowest BCUT2D eigenvalue weighted by molar-refractivity contribution is 0.0737. The van der Waals surface area contributed by atoms with Crippen LogP contribution in [0.3, 0.4) is 0 Å². The second kappa shape index (κ2) is 10.2. The molecule has 35 heavy (non-hydrogen) atoms. The quantitative estimate of drug-likeness (QED) is 0.458. The Kier molecular flexibility index (Phi) is 6.68. The normalized spacial score (nSPS) is 16.2. The molecule has 1 fully saturated rings. The third-order valence-electron chi connectivity index (χ3n) is 6.16. The van der Waals surface area contributed by atoms with Crippen LogP contribution in [0.1, 0.15) is 27.3 Å². The predicted octanol–water partition coefficient (Wildman–Crippen LogP) is 4.72. The first-order valence-corrected chi connectivity index (χ1v) is 11.9. The lowest BCUT2D eigenvalue weighted by atomic mass is 9.98. The number of fused-ring (bicyclic) bond motifs is 1. The van der Waals surface area contributed by atoms with Crippen LogP contribution in [-0.2, 0) is 11.2 Å². The summed E-state index contributed by atoms with van der Waals surface area (Å²) in [7, 11) is 0. The largest absolute Gasteiger partial charge is 0.379 e. The Hall–Kier alpha value is -3.84. The monoisotopic (exact) mass is 467 g/mol. The summed E-state index contributed by atoms with van der Waals surface area (Å²) >= 11 is 0. The van der Waals surface area contributed by atoms with Crippen LogP contribution < -0.4 is 5.32 Å². The van der Waals surface area contributed by atoms with Gasteiger partial charge in [0.2, 0.25) is 5.95 Å². The molecule has 0 aliphatic carbocycles. The van der Waals surface area contributed by atoms with E-state index < -0.39 is 0 Å². The van der Waals surface area contributed by atoms with Crippen LogP contribution in [0.5, 0.6) is 0 Å². The highest BCUT2D eigenvalue weighted by atomic mass is 16.5. The van der Waals surface area contributed by atoms with Gasteiger partial charge in [-0.2, -0.15) is 0 Å². The molecular weight excluding hydrogens is 438 g/mol. The summed E-state index contributed by atoms with van der Waals surface area (Å²) < 4.78 is 5.87. The van der Waals surface area contributed by atoms with Gasteiger partial charge in [0.05, 0.1) is 18.7 Å². The maximum Gasteiger partial charge on any atom is 0.254 e. The predicted molar refractivity (Wildman–Crippen MR) is 137 cm³/mol. The van der Waals surface area contributed by atoms with Crippen LogP contribution in [0.15, 0.2) is 66.9 Å². The van der Waals surface area contributed by atoms with E-state index >= 15 is 0 Å². The van der Waals surface area contributed by atoms with Crippen molar-refractivity contribution < 1.29 is 9.53 Å². The van der Waals surface area contributed by atoms with Gasteiger partial charge in [0.25, 0.3) is 5.91 Å². The van der Waals surface area contributed by atoms with Crippen LogP contribution in [0, 0.1) is 19.8 Å². The van der Waals surface area contributed by atoms with Crippen molar-refractivity contribution in [3.63, 3.8) is 0 Å². The average Bonchev–Trinajstić information content (AvgIpc) is 3.08. The number of amides is 1. The Morgan fingerprint density at radius 2 is 1.91 bits per heavy atom. The van der Waals surface area contributed by atoms with E-state index in [-0.39, 0.29) is 11.8 Å². The number of carbonyl (C=O) groups is 1. The van der Waals surface area contributed by atoms with Crippen molar-refractivity contribution in [2.24, 2.45) is 5.92 Å². The Bertz CT molecular complexity index is 1340. The maximum atomic E-state index is 13.4. The zero-order valence-corrected chi connectivity index (χ0v) is 20.1. The SMILES string of the molecule is Cc1cc(C)nc(Nc2cccc(C(=O)N3CCOC[C@H](Cc4ccc5ncccc5c4)C3)c2)n1. The molecule has 1 N–H and O–H groups in total. The summed E-state index contributed by atoms with van der Waals surface area (Å²) in [4.78, 5) is 28.6. The second-order valence-electron chi connectivity index (χ2n) is 9.11. The number of aromatic nitrogens is 3. The van der Waals surface area contributed by atoms with Crippen LogP contribution in [-0.4, -0.2) is 52.1 Å². The molecule has 3 heterocycles. The lowest BCUT2D eigenvalue weighted by Gasteiger charge is -2.24. The fourth-order valence-corrected chi connectivity index (χ4v) is 4.60. The molecule has 0 bridgehead atoms. The van der Waals surface area contributed by atoms with E-state index in [0.717, 1.165) is 34.4 Å². The fraction of sp³-hybridized carbons (Fsp3) is 0.286. The summed E-state index contributed by atoms with van der Waals surface area (Å²) in [6.07, 6.45) is 2.66. The smallest absolute Gasteiger partial charge is 0.254 e. The van der Waals surface area contributed by atoms with Crippen molar-refractivity contribution >= 4 is 28.4 Å². The molecule has 2 aromatic heterocycles. The zero-order valence-electron chi connectivity index (χ0n) is 20.1. The summed E-state index contributed by atoms with van der Waals surface area (Å²) in [5.41, 5.74) is 5.43. The number of hydrogen-bond acceptors (Lipinski definition) is 6. The van der Waals surface area contributed by atoms with E-state index in [1.54, 1.807) is 0 Å². The summed E-state index contributed by atoms with van der Waals surface area (Å²) in [6.45, 7) is 6.29. The molecule has 0 unspecified atom stereocenters. The van der Waals surface area contributed by atoms with Crippen molar-refractivity contribution in [3.05, 3.63) is 89.4 Å². The van der Waals surface area contributed by atoms with Gasteiger partial charge >= 0.3 is 0 Å². The molecule has 5 rings (SSSR count). The van der Waals surface area contributed by atoms with Crippen molar-refractivity contribution in [1.29, 1.82) is 0 Å². The Morgan fingerprint density at radius 3 is 2.77 bits per heavy atom. The number of nitrogens with one attached hydrogen (secondary N) is 1. The van der Waals surface area contributed by atoms with E-state index in [2.05, 4.69) is 44.5 Å². The number of nitrogens with zero attached hydrogens (tertiary/aromatic N) is 4. The molecule has 1 aliphatic heterocycles. The van der Waals surface area contributed by atoms with E-state index in [4.69, 9.17) is 4.74 Å². The van der Waals surface area contributed by atoms with Gasteiger partial charge in [-0.1, -0.05) is 18.2 Å². The van der Waals surface area contributed by atoms with E-state index in [0.29, 0.717) is 37.8 Å². The minimum absolute atomic E-state index is 0.00760. The zero-order chi connectivity index (χ0) is 24.2. The summed E-state index contributed by atoms with van der Waals surface area (Å²) in [6, 6.07) is 19.8. The topological polar surface area (TPSA) is 80.2 Å². The van der Waals surface area contributed by atoms with E-state index in [1.165, 1.54) is 5.56 Å². The Balaban J connectivity index is 1.29. The van der Waals surface area contributed by atoms with Gasteiger partial charge in [0, 0.05) is 53.2 Å². The van der Waals surface area contributed by atoms with E-state index in [1.807, 2.05) is 61.3 Å². The van der Waals surface area contributed by atoms with Crippen molar-refractivity contribution in [2.75, 3.05) is 31.6 Å². The molecule has 1 aliphatic rings. The molecule has 1 amide bonds. The highest BCUT2D eigenvalue weighted by molar-refractivity contribution is 5.95. The van der Waals surface area contributed by atoms with Gasteiger partial charge < -0.3 is 15.0 Å². The standard InChI is InChI=1S/C28H29N5O2/c1-19-13-20(2)31-28(30-19)32-25-7-3-5-24(16-25)27(34)33-11-12-35-18-22(17-33)14-21-8-9-26-23(15-21)6-4-10-29-26/h3-10,13,15-16,22H,11-12,14,17-18H2,1-2H3,(H,30,31,32)/t22-/m1/s1. The molecule has 1 atom stereocenters. The highest BCUT2D eigenvalue weighted by Gasteiger charge is 2.24. The molecule has 4 aromatic rings. The van der Waals surface area contributed by atoms with Gasteiger partial charge in [-0.05, 0) is 68.3 Å². The lowest BCUT2D eigenvalue weighted by Crippen LogP contribution is -2.36. The van der Waals surface area contributed by atoms with Crippen LogP contribution in [0.2, 0.25) is 0 Å². The fourth-order valence-electron chi connectivity index (χ4n) is 4.60. The molecule has 0 saturated carbocycles. The minimum atomic E-state index is 0.00760. The van der Waals surface area contributed by atoms with Crippen molar-refractivity contribution in [1.82, 2.24) is 19.9 Å². The molecular formula is C28H29N5O2. The minimum Gasteiger partial charge on any atom is -0.379 e. The molecule has 2 aromatic carbocycles. The Labute approximate surface area is 205 Å². The number of benzene rings is 2. The van der Waals surface area contributed by atoms with Gasteiger partial charge in [-0.3, -0.25) is 9.78 Å². The van der Waals surface area contributed by atoms with Crippen molar-refractivity contribution in [2.45, 2.75) is 20.3 Å². The van der Waals surface area contributed by atoms with Gasteiger partial charge in [0.15, 0.2) is 0 Å². The molecule has 7 nitrogen and oxygen atoms in total. The number of hydrogen-bond donors (Lipinski definition) is 1. The number of aryl methyl sites for hydroxylation is 2. The number of carbonyl (C=O) groups excluding carboxylic acids is 1. The number of pyridine rings is 1.